The number of rotatable bonds is 6. The number of H-pyrrole nitrogens is 1. The largest absolute Gasteiger partial charge is 0.468 e. The molecule has 2 aromatic heterocycles. The molecule has 26 heavy (non-hydrogen) atoms. The number of carbonyl (C=O) groups is 1. The first-order valence-corrected chi connectivity index (χ1v) is 9.24. The molecule has 0 aliphatic carbocycles. The van der Waals surface area contributed by atoms with Crippen LogP contribution in [0.15, 0.2) is 47.1 Å². The first-order chi connectivity index (χ1) is 12.8. The van der Waals surface area contributed by atoms with Gasteiger partial charge in [-0.2, -0.15) is 0 Å². The summed E-state index contributed by atoms with van der Waals surface area (Å²) in [6, 6.07) is 11.9. The predicted octanol–water partition coefficient (Wildman–Crippen LogP) is 2.73. The van der Waals surface area contributed by atoms with Gasteiger partial charge in [-0.1, -0.05) is 12.1 Å². The normalized spacial score (nSPS) is 18.2. The van der Waals surface area contributed by atoms with Gasteiger partial charge in [-0.15, -0.1) is 0 Å². The lowest BCUT2D eigenvalue weighted by Crippen LogP contribution is -2.43. The van der Waals surface area contributed by atoms with Gasteiger partial charge in [-0.25, -0.2) is 4.98 Å². The van der Waals surface area contributed by atoms with Gasteiger partial charge >= 0.3 is 0 Å². The van der Waals surface area contributed by atoms with E-state index >= 15 is 0 Å². The minimum absolute atomic E-state index is 0.0504. The van der Waals surface area contributed by atoms with Crippen molar-refractivity contribution >= 4 is 16.9 Å². The first kappa shape index (κ1) is 16.8. The number of hydrogen-bond acceptors (Lipinski definition) is 4. The molecule has 0 unspecified atom stereocenters. The third-order valence-corrected chi connectivity index (χ3v) is 4.94. The highest BCUT2D eigenvalue weighted by atomic mass is 16.3. The molecule has 2 N–H and O–H groups in total. The quantitative estimate of drug-likeness (QED) is 0.715. The summed E-state index contributed by atoms with van der Waals surface area (Å²) < 4.78 is 5.42. The maximum absolute atomic E-state index is 12.5. The zero-order chi connectivity index (χ0) is 17.8. The summed E-state index contributed by atoms with van der Waals surface area (Å²) in [7, 11) is 0. The van der Waals surface area contributed by atoms with E-state index in [0.717, 1.165) is 55.1 Å². The van der Waals surface area contributed by atoms with Crippen molar-refractivity contribution in [2.24, 2.45) is 5.92 Å². The number of likely N-dealkylation sites (tertiary alicyclic amines) is 1. The van der Waals surface area contributed by atoms with Crippen LogP contribution in [0.5, 0.6) is 0 Å². The molecule has 0 radical (unpaired) electrons. The van der Waals surface area contributed by atoms with Gasteiger partial charge in [0.2, 0.25) is 5.91 Å². The Bertz CT molecular complexity index is 823. The Morgan fingerprint density at radius 2 is 2.23 bits per heavy atom. The van der Waals surface area contributed by atoms with Gasteiger partial charge in [0.25, 0.3) is 0 Å². The van der Waals surface area contributed by atoms with E-state index in [4.69, 9.17) is 4.42 Å². The molecule has 6 nitrogen and oxygen atoms in total. The summed E-state index contributed by atoms with van der Waals surface area (Å²) in [4.78, 5) is 22.7. The second-order valence-corrected chi connectivity index (χ2v) is 6.90. The summed E-state index contributed by atoms with van der Waals surface area (Å²) in [5, 5.41) is 3.08. The Hall–Kier alpha value is -2.60. The zero-order valence-corrected chi connectivity index (χ0v) is 14.8. The van der Waals surface area contributed by atoms with Crippen LogP contribution in [0.4, 0.5) is 0 Å². The molecular weight excluding hydrogens is 328 g/mol. The molecule has 3 heterocycles. The summed E-state index contributed by atoms with van der Waals surface area (Å²) in [5.74, 6) is 2.06. The number of hydrogen-bond donors (Lipinski definition) is 2. The molecular formula is C20H24N4O2. The molecule has 1 aromatic carbocycles. The highest BCUT2D eigenvalue weighted by Gasteiger charge is 2.26. The summed E-state index contributed by atoms with van der Waals surface area (Å²) in [6.45, 7) is 3.18. The number of benzene rings is 1. The van der Waals surface area contributed by atoms with Crippen LogP contribution in [0, 0.1) is 5.92 Å². The fraction of sp³-hybridized carbons (Fsp3) is 0.400. The van der Waals surface area contributed by atoms with Crippen molar-refractivity contribution in [2.75, 3.05) is 19.6 Å². The van der Waals surface area contributed by atoms with Crippen LogP contribution in [-0.2, 0) is 17.8 Å². The Kier molecular flexibility index (Phi) is 5.02. The number of fused-ring (bicyclic) bond motifs is 1. The van der Waals surface area contributed by atoms with Gasteiger partial charge in [-0.05, 0) is 43.7 Å². The Morgan fingerprint density at radius 1 is 1.31 bits per heavy atom. The van der Waals surface area contributed by atoms with Crippen molar-refractivity contribution in [2.45, 2.75) is 25.8 Å². The fourth-order valence-corrected chi connectivity index (χ4v) is 3.61. The zero-order valence-electron chi connectivity index (χ0n) is 14.8. The number of aromatic nitrogens is 2. The number of carbonyl (C=O) groups excluding carboxylic acids is 1. The molecule has 1 amide bonds. The summed E-state index contributed by atoms with van der Waals surface area (Å²) in [6.07, 6.45) is 4.40. The maximum atomic E-state index is 12.5. The van der Waals surface area contributed by atoms with E-state index in [9.17, 15) is 4.79 Å². The molecule has 1 atom stereocenters. The van der Waals surface area contributed by atoms with Gasteiger partial charge in [0.05, 0.1) is 29.8 Å². The molecule has 0 bridgehead atoms. The molecule has 1 aliphatic rings. The monoisotopic (exact) mass is 352 g/mol. The minimum atomic E-state index is 0.0504. The number of nitrogens with zero attached hydrogens (tertiary/aromatic N) is 2. The Balaban J connectivity index is 1.26. The van der Waals surface area contributed by atoms with Crippen LogP contribution in [0.25, 0.3) is 11.0 Å². The van der Waals surface area contributed by atoms with Crippen LogP contribution < -0.4 is 5.32 Å². The second-order valence-electron chi connectivity index (χ2n) is 6.90. The topological polar surface area (TPSA) is 74.2 Å². The Morgan fingerprint density at radius 3 is 3.08 bits per heavy atom. The number of nitrogens with one attached hydrogen (secondary N) is 2. The van der Waals surface area contributed by atoms with E-state index in [-0.39, 0.29) is 11.8 Å². The number of piperidine rings is 1. The van der Waals surface area contributed by atoms with Gasteiger partial charge in [0.1, 0.15) is 11.6 Å². The lowest BCUT2D eigenvalue weighted by Gasteiger charge is -2.31. The fourth-order valence-electron chi connectivity index (χ4n) is 3.61. The lowest BCUT2D eigenvalue weighted by molar-refractivity contribution is -0.126. The van der Waals surface area contributed by atoms with Crippen LogP contribution in [-0.4, -0.2) is 40.4 Å². The molecule has 1 aliphatic heterocycles. The summed E-state index contributed by atoms with van der Waals surface area (Å²) in [5.41, 5.74) is 2.00. The number of para-hydroxylation sites is 2. The smallest absolute Gasteiger partial charge is 0.224 e. The van der Waals surface area contributed by atoms with Crippen molar-refractivity contribution in [3.8, 4) is 0 Å². The van der Waals surface area contributed by atoms with Gasteiger partial charge in [0.15, 0.2) is 0 Å². The van der Waals surface area contributed by atoms with E-state index in [1.807, 2.05) is 36.4 Å². The minimum Gasteiger partial charge on any atom is -0.468 e. The van der Waals surface area contributed by atoms with Crippen LogP contribution in [0.3, 0.4) is 0 Å². The number of furan rings is 1. The van der Waals surface area contributed by atoms with Crippen molar-refractivity contribution < 1.29 is 9.21 Å². The Labute approximate surface area is 152 Å². The standard InChI is InChI=1S/C20H24N4O2/c25-20(15-5-3-11-24(13-15)14-16-6-4-12-26-16)21-10-9-19-22-17-7-1-2-8-18(17)23-19/h1-2,4,6-8,12,15H,3,5,9-11,13-14H2,(H,21,25)(H,22,23)/t15-/m1/s1. The van der Waals surface area contributed by atoms with E-state index in [1.165, 1.54) is 0 Å². The van der Waals surface area contributed by atoms with Crippen molar-refractivity contribution in [3.63, 3.8) is 0 Å². The maximum Gasteiger partial charge on any atom is 0.224 e. The average molecular weight is 352 g/mol. The third-order valence-electron chi connectivity index (χ3n) is 4.94. The molecule has 1 saturated heterocycles. The molecule has 4 rings (SSSR count). The number of amides is 1. The van der Waals surface area contributed by atoms with Gasteiger partial charge in [0, 0.05) is 19.5 Å². The van der Waals surface area contributed by atoms with Crippen LogP contribution in [0.2, 0.25) is 0 Å². The van der Waals surface area contributed by atoms with Crippen LogP contribution >= 0.6 is 0 Å². The van der Waals surface area contributed by atoms with Crippen molar-refractivity contribution in [3.05, 3.63) is 54.2 Å². The SMILES string of the molecule is O=C(NCCc1nc2ccccc2[nH]1)[C@@H]1CCCN(Cc2ccco2)C1. The van der Waals surface area contributed by atoms with E-state index in [0.29, 0.717) is 13.0 Å². The van der Waals surface area contributed by atoms with Crippen LogP contribution in [0.1, 0.15) is 24.4 Å². The van der Waals surface area contributed by atoms with E-state index in [2.05, 4.69) is 20.2 Å². The lowest BCUT2D eigenvalue weighted by atomic mass is 9.97. The predicted molar refractivity (Wildman–Crippen MR) is 99.5 cm³/mol. The molecule has 1 fully saturated rings. The van der Waals surface area contributed by atoms with E-state index < -0.39 is 0 Å². The number of imidazole rings is 1. The summed E-state index contributed by atoms with van der Waals surface area (Å²) >= 11 is 0. The van der Waals surface area contributed by atoms with E-state index in [1.54, 1.807) is 6.26 Å². The molecule has 3 aromatic rings. The highest BCUT2D eigenvalue weighted by Crippen LogP contribution is 2.19. The number of aromatic amines is 1. The first-order valence-electron chi connectivity index (χ1n) is 9.24. The molecule has 0 saturated carbocycles. The van der Waals surface area contributed by atoms with Crippen molar-refractivity contribution in [1.29, 1.82) is 0 Å². The van der Waals surface area contributed by atoms with Gasteiger partial charge in [-0.3, -0.25) is 9.69 Å². The van der Waals surface area contributed by atoms with Gasteiger partial charge < -0.3 is 14.7 Å². The molecule has 6 heteroatoms. The molecule has 0 spiro atoms. The second kappa shape index (κ2) is 7.74. The highest BCUT2D eigenvalue weighted by molar-refractivity contribution is 5.79. The average Bonchev–Trinajstić information content (AvgIpc) is 3.31. The molecule has 136 valence electrons. The third kappa shape index (κ3) is 3.96. The van der Waals surface area contributed by atoms with Crippen molar-refractivity contribution in [1.82, 2.24) is 20.2 Å².